The number of halogens is 1. The van der Waals surface area contributed by atoms with Crippen LogP contribution in [0, 0.1) is 17.7 Å². The summed E-state index contributed by atoms with van der Waals surface area (Å²) in [6, 6.07) is 6.24. The smallest absolute Gasteiger partial charge is 0.326 e. The van der Waals surface area contributed by atoms with E-state index >= 15 is 0 Å². The average molecular weight is 384 g/mol. The lowest BCUT2D eigenvalue weighted by atomic mass is 9.81. The predicted octanol–water partition coefficient (Wildman–Crippen LogP) is 3.01. The molecule has 8 heteroatoms. The summed E-state index contributed by atoms with van der Waals surface area (Å²) < 4.78 is 15.3. The normalized spacial score (nSPS) is 19.6. The Morgan fingerprint density at radius 1 is 1.29 bits per heavy atom. The number of fused-ring (bicyclic) bond motifs is 1. The lowest BCUT2D eigenvalue weighted by molar-refractivity contribution is -0.121. The molecule has 4 rings (SSSR count). The van der Waals surface area contributed by atoms with E-state index in [4.69, 9.17) is 0 Å². The van der Waals surface area contributed by atoms with Crippen molar-refractivity contribution < 1.29 is 14.3 Å². The highest BCUT2D eigenvalue weighted by Crippen LogP contribution is 2.31. The van der Waals surface area contributed by atoms with Gasteiger partial charge in [0.05, 0.1) is 22.9 Å². The molecule has 1 fully saturated rings. The molecular weight excluding hydrogens is 363 g/mol. The highest BCUT2D eigenvalue weighted by atomic mass is 19.1. The lowest BCUT2D eigenvalue weighted by Crippen LogP contribution is -2.30. The summed E-state index contributed by atoms with van der Waals surface area (Å²) in [5.74, 6) is -0.526. The summed E-state index contributed by atoms with van der Waals surface area (Å²) in [5.41, 5.74) is 1.31. The minimum atomic E-state index is -0.550. The Kier molecular flexibility index (Phi) is 4.85. The third-order valence-corrected chi connectivity index (χ3v) is 5.45. The zero-order chi connectivity index (χ0) is 19.7. The van der Waals surface area contributed by atoms with E-state index in [0.29, 0.717) is 30.4 Å². The molecule has 3 aromatic rings. The van der Waals surface area contributed by atoms with Gasteiger partial charge in [-0.15, -0.1) is 0 Å². The SMILES string of the molecule is O=C(Nc1ccncc1F)C1CCC(Cn2c(=O)[nH]c3ccc(O)cc32)CC1. The van der Waals surface area contributed by atoms with Crippen molar-refractivity contribution in [2.24, 2.45) is 11.8 Å². The number of anilines is 1. The maximum atomic E-state index is 13.7. The van der Waals surface area contributed by atoms with Gasteiger partial charge in [0.15, 0.2) is 5.82 Å². The van der Waals surface area contributed by atoms with E-state index in [1.165, 1.54) is 18.3 Å². The second-order valence-electron chi connectivity index (χ2n) is 7.30. The van der Waals surface area contributed by atoms with Crippen molar-refractivity contribution in [3.8, 4) is 5.75 Å². The first-order valence-corrected chi connectivity index (χ1v) is 9.33. The van der Waals surface area contributed by atoms with Gasteiger partial charge >= 0.3 is 5.69 Å². The Hall–Kier alpha value is -3.16. The molecule has 0 atom stereocenters. The highest BCUT2D eigenvalue weighted by molar-refractivity contribution is 5.92. The molecule has 0 unspecified atom stereocenters. The monoisotopic (exact) mass is 384 g/mol. The molecule has 2 aromatic heterocycles. The summed E-state index contributed by atoms with van der Waals surface area (Å²) in [4.78, 5) is 31.1. The van der Waals surface area contributed by atoms with Crippen LogP contribution >= 0.6 is 0 Å². The molecule has 0 bridgehead atoms. The minimum Gasteiger partial charge on any atom is -0.508 e. The van der Waals surface area contributed by atoms with Crippen molar-refractivity contribution in [1.82, 2.24) is 14.5 Å². The van der Waals surface area contributed by atoms with Crippen molar-refractivity contribution in [3.63, 3.8) is 0 Å². The third-order valence-electron chi connectivity index (χ3n) is 5.45. The number of carbonyl (C=O) groups excluding carboxylic acids is 1. The van der Waals surface area contributed by atoms with Crippen LogP contribution in [0.5, 0.6) is 5.75 Å². The lowest BCUT2D eigenvalue weighted by Gasteiger charge is -2.28. The van der Waals surface area contributed by atoms with E-state index < -0.39 is 5.82 Å². The molecule has 2 heterocycles. The van der Waals surface area contributed by atoms with Crippen molar-refractivity contribution in [1.29, 1.82) is 0 Å². The predicted molar refractivity (Wildman–Crippen MR) is 102 cm³/mol. The van der Waals surface area contributed by atoms with Gasteiger partial charge in [-0.1, -0.05) is 0 Å². The van der Waals surface area contributed by atoms with E-state index in [2.05, 4.69) is 15.3 Å². The Bertz CT molecular complexity index is 1070. The molecule has 0 saturated heterocycles. The number of hydrogen-bond donors (Lipinski definition) is 3. The molecule has 28 heavy (non-hydrogen) atoms. The Labute approximate surface area is 160 Å². The van der Waals surface area contributed by atoms with Crippen molar-refractivity contribution in [2.45, 2.75) is 32.2 Å². The maximum absolute atomic E-state index is 13.7. The van der Waals surface area contributed by atoms with Gasteiger partial charge in [-0.25, -0.2) is 9.18 Å². The van der Waals surface area contributed by atoms with Crippen LogP contribution in [0.4, 0.5) is 10.1 Å². The number of phenols is 1. The molecule has 7 nitrogen and oxygen atoms in total. The number of imidazole rings is 1. The Morgan fingerprint density at radius 3 is 2.82 bits per heavy atom. The number of phenolic OH excluding ortho intramolecular Hbond substituents is 1. The van der Waals surface area contributed by atoms with Crippen LogP contribution in [0.2, 0.25) is 0 Å². The van der Waals surface area contributed by atoms with E-state index in [1.807, 2.05) is 0 Å². The van der Waals surface area contributed by atoms with Gasteiger partial charge in [-0.2, -0.15) is 0 Å². The fourth-order valence-electron chi connectivity index (χ4n) is 3.90. The molecule has 0 radical (unpaired) electrons. The second kappa shape index (κ2) is 7.46. The van der Waals surface area contributed by atoms with E-state index in [9.17, 15) is 19.1 Å². The van der Waals surface area contributed by atoms with Gasteiger partial charge in [0.25, 0.3) is 0 Å². The topological polar surface area (TPSA) is 100 Å². The summed E-state index contributed by atoms with van der Waals surface area (Å²) in [5, 5.41) is 12.3. The van der Waals surface area contributed by atoms with Gasteiger partial charge in [-0.3, -0.25) is 14.3 Å². The minimum absolute atomic E-state index is 0.115. The van der Waals surface area contributed by atoms with Gasteiger partial charge in [0, 0.05) is 24.7 Å². The van der Waals surface area contributed by atoms with E-state index in [-0.39, 0.29) is 34.9 Å². The summed E-state index contributed by atoms with van der Waals surface area (Å²) in [6.07, 6.45) is 5.48. The third kappa shape index (κ3) is 3.62. The first-order chi connectivity index (χ1) is 13.5. The number of rotatable bonds is 4. The van der Waals surface area contributed by atoms with Crippen molar-refractivity contribution >= 4 is 22.6 Å². The van der Waals surface area contributed by atoms with Gasteiger partial charge in [0.1, 0.15) is 5.75 Å². The van der Waals surface area contributed by atoms with Crippen LogP contribution in [0.25, 0.3) is 11.0 Å². The van der Waals surface area contributed by atoms with Crippen LogP contribution in [0.1, 0.15) is 25.7 Å². The molecule has 3 N–H and O–H groups in total. The number of nitrogens with one attached hydrogen (secondary N) is 2. The number of H-pyrrole nitrogens is 1. The Morgan fingerprint density at radius 2 is 2.07 bits per heavy atom. The van der Waals surface area contributed by atoms with Crippen LogP contribution in [0.3, 0.4) is 0 Å². The molecule has 1 amide bonds. The maximum Gasteiger partial charge on any atom is 0.326 e. The first-order valence-electron chi connectivity index (χ1n) is 9.33. The highest BCUT2D eigenvalue weighted by Gasteiger charge is 2.27. The fourth-order valence-corrected chi connectivity index (χ4v) is 3.90. The zero-order valence-electron chi connectivity index (χ0n) is 15.2. The van der Waals surface area contributed by atoms with Crippen LogP contribution in [0.15, 0.2) is 41.5 Å². The van der Waals surface area contributed by atoms with Gasteiger partial charge in [0.2, 0.25) is 5.91 Å². The van der Waals surface area contributed by atoms with E-state index in [1.54, 1.807) is 16.7 Å². The zero-order valence-corrected chi connectivity index (χ0v) is 15.2. The molecular formula is C20H21FN4O3. The number of pyridine rings is 1. The van der Waals surface area contributed by atoms with Crippen LogP contribution in [-0.4, -0.2) is 25.5 Å². The first kappa shape index (κ1) is 18.2. The number of aromatic amines is 1. The van der Waals surface area contributed by atoms with Gasteiger partial charge in [-0.05, 0) is 49.8 Å². The average Bonchev–Trinajstić information content (AvgIpc) is 2.99. The van der Waals surface area contributed by atoms with Crippen molar-refractivity contribution in [3.05, 3.63) is 53.0 Å². The van der Waals surface area contributed by atoms with Gasteiger partial charge < -0.3 is 15.4 Å². The molecule has 1 aliphatic carbocycles. The summed E-state index contributed by atoms with van der Waals surface area (Å²) in [6.45, 7) is 0.537. The van der Waals surface area contributed by atoms with E-state index in [0.717, 1.165) is 19.0 Å². The quantitative estimate of drug-likeness (QED) is 0.644. The molecule has 0 spiro atoms. The molecule has 1 saturated carbocycles. The Balaban J connectivity index is 1.39. The number of benzene rings is 1. The number of aromatic hydroxyl groups is 1. The van der Waals surface area contributed by atoms with Crippen molar-refractivity contribution in [2.75, 3.05) is 5.32 Å². The number of carbonyl (C=O) groups is 1. The number of amides is 1. The van der Waals surface area contributed by atoms with Crippen LogP contribution in [-0.2, 0) is 11.3 Å². The second-order valence-corrected chi connectivity index (χ2v) is 7.30. The number of nitrogens with zero attached hydrogens (tertiary/aromatic N) is 2. The van der Waals surface area contributed by atoms with Crippen LogP contribution < -0.4 is 11.0 Å². The fraction of sp³-hybridized carbons (Fsp3) is 0.350. The summed E-state index contributed by atoms with van der Waals surface area (Å²) >= 11 is 0. The molecule has 1 aliphatic rings. The number of aromatic nitrogens is 3. The standard InChI is InChI=1S/C20H21FN4O3/c21-15-10-22-8-7-16(15)23-19(27)13-3-1-12(2-4-13)11-25-18-9-14(26)5-6-17(18)24-20(25)28/h5-10,12-13,26H,1-4,11H2,(H,24,28)(H,22,23,27). The molecule has 1 aromatic carbocycles. The molecule has 146 valence electrons. The largest absolute Gasteiger partial charge is 0.508 e. The number of hydrogen-bond acceptors (Lipinski definition) is 4. The summed E-state index contributed by atoms with van der Waals surface area (Å²) in [7, 11) is 0. The molecule has 0 aliphatic heterocycles.